The molecule has 1 heterocycles. The summed E-state index contributed by atoms with van der Waals surface area (Å²) in [6.07, 6.45) is -4.50. The maximum absolute atomic E-state index is 13.3. The van der Waals surface area contributed by atoms with E-state index in [0.717, 1.165) is 12.1 Å². The number of alkyl halides is 3. The third-order valence-electron chi connectivity index (χ3n) is 3.66. The SMILES string of the molecule is Cc1nc2ccc(F)cc2cc1C(=O)Nc1cccc(C(F)(F)F)c1. The largest absolute Gasteiger partial charge is 0.416 e. The van der Waals surface area contributed by atoms with Gasteiger partial charge in [0.25, 0.3) is 5.91 Å². The summed E-state index contributed by atoms with van der Waals surface area (Å²) in [5.74, 6) is -1.09. The number of nitrogens with one attached hydrogen (secondary N) is 1. The third-order valence-corrected chi connectivity index (χ3v) is 3.66. The van der Waals surface area contributed by atoms with Crippen LogP contribution in [0.1, 0.15) is 21.6 Å². The Morgan fingerprint density at radius 1 is 1.08 bits per heavy atom. The second kappa shape index (κ2) is 6.16. The lowest BCUT2D eigenvalue weighted by Gasteiger charge is -2.11. The molecular formula is C18H12F4N2O. The van der Waals surface area contributed by atoms with Gasteiger partial charge in [-0.05, 0) is 49.4 Å². The zero-order chi connectivity index (χ0) is 18.2. The fraction of sp³-hybridized carbons (Fsp3) is 0.111. The average Bonchev–Trinajstić information content (AvgIpc) is 2.54. The molecule has 3 rings (SSSR count). The van der Waals surface area contributed by atoms with Crippen molar-refractivity contribution in [3.8, 4) is 0 Å². The van der Waals surface area contributed by atoms with Crippen molar-refractivity contribution in [2.75, 3.05) is 5.32 Å². The fourth-order valence-electron chi connectivity index (χ4n) is 2.45. The van der Waals surface area contributed by atoms with E-state index in [1.165, 1.54) is 36.4 Å². The molecule has 2 aromatic carbocycles. The van der Waals surface area contributed by atoms with Gasteiger partial charge in [0.05, 0.1) is 22.3 Å². The highest BCUT2D eigenvalue weighted by molar-refractivity contribution is 6.06. The van der Waals surface area contributed by atoms with Gasteiger partial charge in [-0.2, -0.15) is 13.2 Å². The van der Waals surface area contributed by atoms with Crippen LogP contribution < -0.4 is 5.32 Å². The number of anilines is 1. The number of hydrogen-bond acceptors (Lipinski definition) is 2. The Morgan fingerprint density at radius 3 is 2.56 bits per heavy atom. The van der Waals surface area contributed by atoms with E-state index < -0.39 is 23.5 Å². The van der Waals surface area contributed by atoms with E-state index in [0.29, 0.717) is 16.6 Å². The molecule has 0 saturated carbocycles. The van der Waals surface area contributed by atoms with Gasteiger partial charge in [-0.15, -0.1) is 0 Å². The van der Waals surface area contributed by atoms with E-state index >= 15 is 0 Å². The van der Waals surface area contributed by atoms with Gasteiger partial charge in [0, 0.05) is 11.1 Å². The molecule has 3 nitrogen and oxygen atoms in total. The fourth-order valence-corrected chi connectivity index (χ4v) is 2.45. The van der Waals surface area contributed by atoms with Crippen molar-refractivity contribution < 1.29 is 22.4 Å². The van der Waals surface area contributed by atoms with E-state index in [-0.39, 0.29) is 11.3 Å². The smallest absolute Gasteiger partial charge is 0.322 e. The van der Waals surface area contributed by atoms with Gasteiger partial charge in [0.15, 0.2) is 0 Å². The van der Waals surface area contributed by atoms with Crippen molar-refractivity contribution in [1.29, 1.82) is 0 Å². The number of carbonyl (C=O) groups is 1. The van der Waals surface area contributed by atoms with Gasteiger partial charge >= 0.3 is 6.18 Å². The quantitative estimate of drug-likeness (QED) is 0.666. The number of halogens is 4. The van der Waals surface area contributed by atoms with Crippen LogP contribution in [0.3, 0.4) is 0 Å². The van der Waals surface area contributed by atoms with E-state index in [1.807, 2.05) is 0 Å². The Morgan fingerprint density at radius 2 is 1.84 bits per heavy atom. The van der Waals surface area contributed by atoms with Crippen LogP contribution >= 0.6 is 0 Å². The normalized spacial score (nSPS) is 11.6. The first-order valence-corrected chi connectivity index (χ1v) is 7.29. The molecule has 0 aliphatic rings. The summed E-state index contributed by atoms with van der Waals surface area (Å²) in [7, 11) is 0. The van der Waals surface area contributed by atoms with Crippen LogP contribution in [0.25, 0.3) is 10.9 Å². The summed E-state index contributed by atoms with van der Waals surface area (Å²) in [4.78, 5) is 16.6. The highest BCUT2D eigenvalue weighted by atomic mass is 19.4. The average molecular weight is 348 g/mol. The lowest BCUT2D eigenvalue weighted by atomic mass is 10.1. The maximum atomic E-state index is 13.3. The molecule has 0 radical (unpaired) electrons. The van der Waals surface area contributed by atoms with Gasteiger partial charge in [-0.1, -0.05) is 6.07 Å². The van der Waals surface area contributed by atoms with Crippen LogP contribution in [0.15, 0.2) is 48.5 Å². The second-order valence-electron chi connectivity index (χ2n) is 5.49. The van der Waals surface area contributed by atoms with Crippen LogP contribution in [0.4, 0.5) is 23.2 Å². The molecule has 128 valence electrons. The lowest BCUT2D eigenvalue weighted by molar-refractivity contribution is -0.137. The molecule has 0 fully saturated rings. The minimum Gasteiger partial charge on any atom is -0.322 e. The molecule has 0 atom stereocenters. The van der Waals surface area contributed by atoms with Gasteiger partial charge in [-0.3, -0.25) is 9.78 Å². The van der Waals surface area contributed by atoms with Crippen molar-refractivity contribution in [2.45, 2.75) is 13.1 Å². The number of aryl methyl sites for hydroxylation is 1. The standard InChI is InChI=1S/C18H12F4N2O/c1-10-15(8-11-7-13(19)5-6-16(11)23-10)17(25)24-14-4-2-3-12(9-14)18(20,21)22/h2-9H,1H3,(H,24,25). The highest BCUT2D eigenvalue weighted by Gasteiger charge is 2.30. The van der Waals surface area contributed by atoms with Gasteiger partial charge in [-0.25, -0.2) is 4.39 Å². The number of aromatic nitrogens is 1. The third kappa shape index (κ3) is 3.60. The zero-order valence-electron chi connectivity index (χ0n) is 13.0. The topological polar surface area (TPSA) is 42.0 Å². The summed E-state index contributed by atoms with van der Waals surface area (Å²) in [5, 5.41) is 2.85. The number of fused-ring (bicyclic) bond motifs is 1. The molecular weight excluding hydrogens is 336 g/mol. The first-order chi connectivity index (χ1) is 11.7. The number of hydrogen-bond donors (Lipinski definition) is 1. The van der Waals surface area contributed by atoms with Crippen LogP contribution in [0.2, 0.25) is 0 Å². The molecule has 1 amide bonds. The van der Waals surface area contributed by atoms with Crippen LogP contribution in [-0.4, -0.2) is 10.9 Å². The van der Waals surface area contributed by atoms with E-state index in [9.17, 15) is 22.4 Å². The molecule has 3 aromatic rings. The minimum absolute atomic E-state index is 0.0126. The van der Waals surface area contributed by atoms with E-state index in [2.05, 4.69) is 10.3 Å². The highest BCUT2D eigenvalue weighted by Crippen LogP contribution is 2.30. The Labute approximate surface area is 140 Å². The number of amides is 1. The van der Waals surface area contributed by atoms with Crippen molar-refractivity contribution in [3.63, 3.8) is 0 Å². The predicted octanol–water partition coefficient (Wildman–Crippen LogP) is 4.95. The van der Waals surface area contributed by atoms with E-state index in [1.54, 1.807) is 6.92 Å². The molecule has 0 aliphatic carbocycles. The number of carbonyl (C=O) groups excluding carboxylic acids is 1. The van der Waals surface area contributed by atoms with Crippen molar-refractivity contribution in [1.82, 2.24) is 4.98 Å². The molecule has 1 aromatic heterocycles. The summed E-state index contributed by atoms with van der Waals surface area (Å²) in [6, 6.07) is 9.79. The number of pyridine rings is 1. The maximum Gasteiger partial charge on any atom is 0.416 e. The molecule has 1 N–H and O–H groups in total. The molecule has 0 saturated heterocycles. The second-order valence-corrected chi connectivity index (χ2v) is 5.49. The van der Waals surface area contributed by atoms with Crippen molar-refractivity contribution in [2.24, 2.45) is 0 Å². The Bertz CT molecular complexity index is 967. The molecule has 25 heavy (non-hydrogen) atoms. The van der Waals surface area contributed by atoms with Gasteiger partial charge in [0.2, 0.25) is 0 Å². The van der Waals surface area contributed by atoms with Crippen LogP contribution in [0.5, 0.6) is 0 Å². The molecule has 0 spiro atoms. The number of rotatable bonds is 2. The van der Waals surface area contributed by atoms with Crippen LogP contribution in [-0.2, 0) is 6.18 Å². The molecule has 0 bridgehead atoms. The lowest BCUT2D eigenvalue weighted by Crippen LogP contribution is -2.15. The first kappa shape index (κ1) is 16.9. The van der Waals surface area contributed by atoms with Crippen molar-refractivity contribution in [3.05, 3.63) is 71.2 Å². The number of benzene rings is 2. The Balaban J connectivity index is 1.93. The first-order valence-electron chi connectivity index (χ1n) is 7.29. The molecule has 0 aliphatic heterocycles. The van der Waals surface area contributed by atoms with E-state index in [4.69, 9.17) is 0 Å². The number of nitrogens with zero attached hydrogens (tertiary/aromatic N) is 1. The monoisotopic (exact) mass is 348 g/mol. The van der Waals surface area contributed by atoms with Crippen LogP contribution in [0, 0.1) is 12.7 Å². The predicted molar refractivity (Wildman–Crippen MR) is 85.8 cm³/mol. The Hall–Kier alpha value is -2.96. The summed E-state index contributed by atoms with van der Waals surface area (Å²) >= 11 is 0. The molecule has 0 unspecified atom stereocenters. The van der Waals surface area contributed by atoms with Gasteiger partial charge in [0.1, 0.15) is 5.82 Å². The minimum atomic E-state index is -4.50. The molecule has 7 heteroatoms. The summed E-state index contributed by atoms with van der Waals surface area (Å²) in [6.45, 7) is 1.60. The van der Waals surface area contributed by atoms with Gasteiger partial charge < -0.3 is 5.32 Å². The zero-order valence-corrected chi connectivity index (χ0v) is 13.0. The summed E-state index contributed by atoms with van der Waals surface area (Å²) in [5.41, 5.74) is 0.230. The van der Waals surface area contributed by atoms with Crippen molar-refractivity contribution >= 4 is 22.5 Å². The summed E-state index contributed by atoms with van der Waals surface area (Å²) < 4.78 is 51.6. The Kier molecular flexibility index (Phi) is 4.16.